The number of ether oxygens (including phenoxy) is 1. The molecular weight excluding hydrogens is 326 g/mol. The van der Waals surface area contributed by atoms with Gasteiger partial charge in [0.25, 0.3) is 0 Å². The minimum atomic E-state index is 0.755. The van der Waals surface area contributed by atoms with Crippen LogP contribution in [0.2, 0.25) is 0 Å². The van der Waals surface area contributed by atoms with Crippen molar-refractivity contribution < 1.29 is 4.74 Å². The Bertz CT molecular complexity index is 910. The SMILES string of the molecule is CNc1nc(C2=CCC=C(N3CCOCC3)C=C2)cc2nc(C)cnc12. The van der Waals surface area contributed by atoms with Crippen LogP contribution in [0.15, 0.2) is 42.3 Å². The van der Waals surface area contributed by atoms with Crippen molar-refractivity contribution in [1.82, 2.24) is 19.9 Å². The summed E-state index contributed by atoms with van der Waals surface area (Å²) >= 11 is 0. The summed E-state index contributed by atoms with van der Waals surface area (Å²) in [5, 5.41) is 3.14. The quantitative estimate of drug-likeness (QED) is 0.919. The second kappa shape index (κ2) is 7.25. The number of fused-ring (bicyclic) bond motifs is 1. The van der Waals surface area contributed by atoms with E-state index in [1.165, 1.54) is 5.70 Å². The first kappa shape index (κ1) is 16.7. The van der Waals surface area contributed by atoms with Gasteiger partial charge in [0.05, 0.1) is 30.1 Å². The highest BCUT2D eigenvalue weighted by Crippen LogP contribution is 2.26. The number of hydrogen-bond acceptors (Lipinski definition) is 6. The summed E-state index contributed by atoms with van der Waals surface area (Å²) in [7, 11) is 1.86. The van der Waals surface area contributed by atoms with E-state index in [2.05, 4.69) is 44.5 Å². The van der Waals surface area contributed by atoms with Gasteiger partial charge >= 0.3 is 0 Å². The molecule has 0 atom stereocenters. The molecule has 1 aliphatic heterocycles. The molecule has 6 nitrogen and oxygen atoms in total. The molecule has 0 bridgehead atoms. The Morgan fingerprint density at radius 2 is 1.96 bits per heavy atom. The second-order valence-electron chi connectivity index (χ2n) is 6.44. The van der Waals surface area contributed by atoms with Crippen LogP contribution in [0.5, 0.6) is 0 Å². The fourth-order valence-electron chi connectivity index (χ4n) is 3.30. The lowest BCUT2D eigenvalue weighted by molar-refractivity contribution is 0.0553. The first-order valence-electron chi connectivity index (χ1n) is 8.98. The summed E-state index contributed by atoms with van der Waals surface area (Å²) in [6.45, 7) is 5.43. The summed E-state index contributed by atoms with van der Waals surface area (Å²) in [5.74, 6) is 0.755. The first-order valence-corrected chi connectivity index (χ1v) is 8.98. The van der Waals surface area contributed by atoms with Gasteiger partial charge < -0.3 is 15.0 Å². The molecule has 1 saturated heterocycles. The molecule has 134 valence electrons. The van der Waals surface area contributed by atoms with Crippen LogP contribution >= 0.6 is 0 Å². The molecule has 0 aromatic carbocycles. The zero-order valence-corrected chi connectivity index (χ0v) is 15.2. The monoisotopic (exact) mass is 349 g/mol. The first-order chi connectivity index (χ1) is 12.7. The van der Waals surface area contributed by atoms with Gasteiger partial charge in [0.15, 0.2) is 5.82 Å². The molecule has 1 N–H and O–H groups in total. The van der Waals surface area contributed by atoms with E-state index in [9.17, 15) is 0 Å². The minimum absolute atomic E-state index is 0.755. The molecule has 4 rings (SSSR count). The van der Waals surface area contributed by atoms with Gasteiger partial charge in [0.2, 0.25) is 0 Å². The van der Waals surface area contributed by atoms with Gasteiger partial charge in [-0.1, -0.05) is 18.2 Å². The molecule has 2 aromatic rings. The third-order valence-corrected chi connectivity index (χ3v) is 4.66. The Hall–Kier alpha value is -2.73. The molecular formula is C20H23N5O. The van der Waals surface area contributed by atoms with E-state index in [0.29, 0.717) is 0 Å². The standard InChI is InChI=1S/C20H23N5O/c1-14-13-22-19-18(23-14)12-17(24-20(19)21-2)15-4-3-5-16(7-6-15)25-8-10-26-11-9-25/h4-7,12-13H,3,8-11H2,1-2H3,(H,21,24). The number of aryl methyl sites for hydroxylation is 1. The molecule has 2 aromatic heterocycles. The predicted octanol–water partition coefficient (Wildman–Crippen LogP) is 2.93. The minimum Gasteiger partial charge on any atom is -0.378 e. The lowest BCUT2D eigenvalue weighted by Gasteiger charge is -2.29. The number of morpholine rings is 1. The Kier molecular flexibility index (Phi) is 4.67. The number of aromatic nitrogens is 3. The molecule has 26 heavy (non-hydrogen) atoms. The lowest BCUT2D eigenvalue weighted by atomic mass is 10.1. The number of hydrogen-bond donors (Lipinski definition) is 1. The van der Waals surface area contributed by atoms with Crippen LogP contribution in [0.25, 0.3) is 16.6 Å². The molecule has 0 saturated carbocycles. The van der Waals surface area contributed by atoms with Crippen LogP contribution in [-0.2, 0) is 4.74 Å². The summed E-state index contributed by atoms with van der Waals surface area (Å²) in [6, 6.07) is 2.02. The number of nitrogens with zero attached hydrogens (tertiary/aromatic N) is 4. The van der Waals surface area contributed by atoms with Crippen LogP contribution in [0, 0.1) is 6.92 Å². The van der Waals surface area contributed by atoms with E-state index in [1.807, 2.05) is 20.0 Å². The van der Waals surface area contributed by atoms with Gasteiger partial charge in [-0.05, 0) is 31.1 Å². The number of pyridine rings is 1. The summed E-state index contributed by atoms with van der Waals surface area (Å²) < 4.78 is 5.45. The van der Waals surface area contributed by atoms with E-state index in [1.54, 1.807) is 6.20 Å². The Balaban J connectivity index is 1.66. The molecule has 0 spiro atoms. The molecule has 1 aliphatic carbocycles. The van der Waals surface area contributed by atoms with Gasteiger partial charge in [0.1, 0.15) is 5.52 Å². The highest BCUT2D eigenvalue weighted by molar-refractivity contribution is 5.89. The Morgan fingerprint density at radius 1 is 1.12 bits per heavy atom. The largest absolute Gasteiger partial charge is 0.378 e. The molecule has 2 aliphatic rings. The van der Waals surface area contributed by atoms with Crippen LogP contribution in [0.3, 0.4) is 0 Å². The van der Waals surface area contributed by atoms with Gasteiger partial charge in [-0.25, -0.2) is 15.0 Å². The summed E-state index contributed by atoms with van der Waals surface area (Å²) in [4.78, 5) is 16.2. The maximum atomic E-state index is 5.45. The zero-order chi connectivity index (χ0) is 17.9. The lowest BCUT2D eigenvalue weighted by Crippen LogP contribution is -2.35. The topological polar surface area (TPSA) is 63.2 Å². The van der Waals surface area contributed by atoms with Gasteiger partial charge in [-0.2, -0.15) is 0 Å². The predicted molar refractivity (Wildman–Crippen MR) is 104 cm³/mol. The molecule has 0 unspecified atom stereocenters. The van der Waals surface area contributed by atoms with Crippen LogP contribution in [0.1, 0.15) is 17.8 Å². The van der Waals surface area contributed by atoms with Gasteiger partial charge in [-0.3, -0.25) is 0 Å². The highest BCUT2D eigenvalue weighted by Gasteiger charge is 2.14. The van der Waals surface area contributed by atoms with Crippen molar-refractivity contribution in [3.8, 4) is 0 Å². The van der Waals surface area contributed by atoms with E-state index in [-0.39, 0.29) is 0 Å². The smallest absolute Gasteiger partial charge is 0.154 e. The fraction of sp³-hybridized carbons (Fsp3) is 0.350. The number of anilines is 1. The van der Waals surface area contributed by atoms with Crippen molar-refractivity contribution in [1.29, 1.82) is 0 Å². The molecule has 0 amide bonds. The Labute approximate surface area is 153 Å². The number of nitrogens with one attached hydrogen (secondary N) is 1. The maximum Gasteiger partial charge on any atom is 0.154 e. The van der Waals surface area contributed by atoms with E-state index >= 15 is 0 Å². The number of allylic oxidation sites excluding steroid dienone is 5. The van der Waals surface area contributed by atoms with E-state index < -0.39 is 0 Å². The van der Waals surface area contributed by atoms with E-state index in [0.717, 1.165) is 66.5 Å². The summed E-state index contributed by atoms with van der Waals surface area (Å²) in [5.41, 5.74) is 5.83. The van der Waals surface area contributed by atoms with E-state index in [4.69, 9.17) is 9.72 Å². The van der Waals surface area contributed by atoms with Crippen LogP contribution in [0.4, 0.5) is 5.82 Å². The zero-order valence-electron chi connectivity index (χ0n) is 15.2. The molecule has 1 fully saturated rings. The Morgan fingerprint density at radius 3 is 2.77 bits per heavy atom. The third-order valence-electron chi connectivity index (χ3n) is 4.66. The maximum absolute atomic E-state index is 5.45. The van der Waals surface area contributed by atoms with Crippen LogP contribution in [-0.4, -0.2) is 53.2 Å². The fourth-order valence-corrected chi connectivity index (χ4v) is 3.30. The molecule has 6 heteroatoms. The molecule has 0 radical (unpaired) electrons. The van der Waals surface area contributed by atoms with Crippen LogP contribution < -0.4 is 5.32 Å². The molecule has 3 heterocycles. The average Bonchev–Trinajstić information content (AvgIpc) is 2.94. The highest BCUT2D eigenvalue weighted by atomic mass is 16.5. The van der Waals surface area contributed by atoms with Crippen molar-refractivity contribution >= 4 is 22.4 Å². The van der Waals surface area contributed by atoms with Crippen molar-refractivity contribution in [3.05, 3.63) is 53.7 Å². The van der Waals surface area contributed by atoms with Crippen molar-refractivity contribution in [2.75, 3.05) is 38.7 Å². The van der Waals surface area contributed by atoms with Crippen molar-refractivity contribution in [3.63, 3.8) is 0 Å². The van der Waals surface area contributed by atoms with Crippen molar-refractivity contribution in [2.24, 2.45) is 0 Å². The third kappa shape index (κ3) is 3.32. The number of rotatable bonds is 3. The van der Waals surface area contributed by atoms with Gasteiger partial charge in [0, 0.05) is 32.0 Å². The average molecular weight is 349 g/mol. The normalized spacial score (nSPS) is 17.7. The summed E-state index contributed by atoms with van der Waals surface area (Å²) in [6.07, 6.45) is 11.4. The van der Waals surface area contributed by atoms with Crippen molar-refractivity contribution in [2.45, 2.75) is 13.3 Å². The van der Waals surface area contributed by atoms with Gasteiger partial charge in [-0.15, -0.1) is 0 Å². The second-order valence-corrected chi connectivity index (χ2v) is 6.44.